The highest BCUT2D eigenvalue weighted by molar-refractivity contribution is 9.10. The highest BCUT2D eigenvalue weighted by Crippen LogP contribution is 2.21. The van der Waals surface area contributed by atoms with Crippen molar-refractivity contribution in [2.45, 2.75) is 13.8 Å². The van der Waals surface area contributed by atoms with E-state index < -0.39 is 5.82 Å². The molecule has 2 aromatic carbocycles. The summed E-state index contributed by atoms with van der Waals surface area (Å²) in [5.74, 6) is -0.748. The largest absolute Gasteiger partial charge is 0.319 e. The minimum absolute atomic E-state index is 0.190. The van der Waals surface area contributed by atoms with E-state index in [2.05, 4.69) is 21.2 Å². The molecule has 0 aliphatic heterocycles. The second kappa shape index (κ2) is 5.53. The zero-order valence-corrected chi connectivity index (χ0v) is 12.2. The summed E-state index contributed by atoms with van der Waals surface area (Å²) in [5, 5.41) is 2.59. The van der Waals surface area contributed by atoms with Crippen molar-refractivity contribution >= 4 is 27.5 Å². The molecule has 0 saturated heterocycles. The van der Waals surface area contributed by atoms with Crippen molar-refractivity contribution in [3.63, 3.8) is 0 Å². The van der Waals surface area contributed by atoms with E-state index in [1.807, 2.05) is 13.0 Å². The third-order valence-corrected chi connectivity index (χ3v) is 3.74. The zero-order chi connectivity index (χ0) is 14.0. The molecule has 0 radical (unpaired) electrons. The van der Waals surface area contributed by atoms with E-state index in [1.54, 1.807) is 31.2 Å². The van der Waals surface area contributed by atoms with Crippen LogP contribution in [0.2, 0.25) is 0 Å². The van der Waals surface area contributed by atoms with Gasteiger partial charge in [0.05, 0.1) is 5.69 Å². The number of nitrogens with one attached hydrogen (secondary N) is 1. The molecule has 0 bridgehead atoms. The topological polar surface area (TPSA) is 29.1 Å². The number of hydrogen-bond donors (Lipinski definition) is 1. The standard InChI is InChI=1S/C15H13BrFNO/c1-9-6-7-14(13(17)8-9)18-15(19)11-4-3-5-12(16)10(11)2/h3-8H,1-2H3,(H,18,19). The predicted molar refractivity (Wildman–Crippen MR) is 78.0 cm³/mol. The van der Waals surface area contributed by atoms with Crippen molar-refractivity contribution in [2.75, 3.05) is 5.32 Å². The summed E-state index contributed by atoms with van der Waals surface area (Å²) in [6.07, 6.45) is 0. The molecule has 98 valence electrons. The number of anilines is 1. The molecular weight excluding hydrogens is 309 g/mol. The molecule has 19 heavy (non-hydrogen) atoms. The molecule has 0 aliphatic carbocycles. The normalized spacial score (nSPS) is 10.3. The van der Waals surface area contributed by atoms with Crippen LogP contribution in [-0.2, 0) is 0 Å². The molecule has 0 atom stereocenters. The van der Waals surface area contributed by atoms with Crippen LogP contribution in [0.25, 0.3) is 0 Å². The van der Waals surface area contributed by atoms with Crippen molar-refractivity contribution in [3.05, 3.63) is 63.4 Å². The Morgan fingerprint density at radius 1 is 1.21 bits per heavy atom. The highest BCUT2D eigenvalue weighted by Gasteiger charge is 2.12. The molecule has 0 aromatic heterocycles. The Hall–Kier alpha value is -1.68. The van der Waals surface area contributed by atoms with E-state index in [4.69, 9.17) is 0 Å². The molecule has 4 heteroatoms. The van der Waals surface area contributed by atoms with Gasteiger partial charge in [-0.2, -0.15) is 0 Å². The first-order valence-electron chi connectivity index (χ1n) is 5.81. The number of carbonyl (C=O) groups excluding carboxylic acids is 1. The van der Waals surface area contributed by atoms with Crippen LogP contribution in [-0.4, -0.2) is 5.91 Å². The number of amides is 1. The monoisotopic (exact) mass is 321 g/mol. The number of halogens is 2. The second-order valence-corrected chi connectivity index (χ2v) is 5.20. The van der Waals surface area contributed by atoms with Crippen LogP contribution in [0.5, 0.6) is 0 Å². The molecule has 0 unspecified atom stereocenters. The van der Waals surface area contributed by atoms with Gasteiger partial charge in [0.25, 0.3) is 5.91 Å². The van der Waals surface area contributed by atoms with Gasteiger partial charge in [-0.1, -0.05) is 28.1 Å². The van der Waals surface area contributed by atoms with Gasteiger partial charge in [-0.15, -0.1) is 0 Å². The number of benzene rings is 2. The molecule has 2 aromatic rings. The quantitative estimate of drug-likeness (QED) is 0.869. The van der Waals surface area contributed by atoms with Crippen LogP contribution in [0.1, 0.15) is 21.5 Å². The van der Waals surface area contributed by atoms with E-state index >= 15 is 0 Å². The lowest BCUT2D eigenvalue weighted by Gasteiger charge is -2.10. The average molecular weight is 322 g/mol. The van der Waals surface area contributed by atoms with Crippen molar-refractivity contribution < 1.29 is 9.18 Å². The Kier molecular flexibility index (Phi) is 4.00. The van der Waals surface area contributed by atoms with Gasteiger partial charge in [-0.05, 0) is 49.2 Å². The Labute approximate surface area is 119 Å². The Bertz CT molecular complexity index is 640. The zero-order valence-electron chi connectivity index (χ0n) is 10.6. The number of carbonyl (C=O) groups is 1. The van der Waals surface area contributed by atoms with Gasteiger partial charge in [0.1, 0.15) is 5.82 Å². The van der Waals surface area contributed by atoms with Gasteiger partial charge in [-0.3, -0.25) is 4.79 Å². The minimum Gasteiger partial charge on any atom is -0.319 e. The molecule has 2 nitrogen and oxygen atoms in total. The van der Waals surface area contributed by atoms with Crippen LogP contribution in [0.4, 0.5) is 10.1 Å². The van der Waals surface area contributed by atoms with Crippen molar-refractivity contribution in [3.8, 4) is 0 Å². The first-order valence-corrected chi connectivity index (χ1v) is 6.61. The predicted octanol–water partition coefficient (Wildman–Crippen LogP) is 4.46. The summed E-state index contributed by atoms with van der Waals surface area (Å²) in [5.41, 5.74) is 2.35. The lowest BCUT2D eigenvalue weighted by atomic mass is 10.1. The van der Waals surface area contributed by atoms with E-state index in [9.17, 15) is 9.18 Å². The van der Waals surface area contributed by atoms with Gasteiger partial charge in [0.2, 0.25) is 0 Å². The van der Waals surface area contributed by atoms with Crippen LogP contribution < -0.4 is 5.32 Å². The first-order chi connectivity index (χ1) is 8.99. The molecule has 0 fully saturated rings. The maximum absolute atomic E-state index is 13.7. The first kappa shape index (κ1) is 13.7. The van der Waals surface area contributed by atoms with Gasteiger partial charge < -0.3 is 5.32 Å². The summed E-state index contributed by atoms with van der Waals surface area (Å²) in [6, 6.07) is 10.1. The van der Waals surface area contributed by atoms with Gasteiger partial charge in [-0.25, -0.2) is 4.39 Å². The maximum Gasteiger partial charge on any atom is 0.256 e. The van der Waals surface area contributed by atoms with Crippen molar-refractivity contribution in [1.29, 1.82) is 0 Å². The fraction of sp³-hybridized carbons (Fsp3) is 0.133. The van der Waals surface area contributed by atoms with E-state index in [-0.39, 0.29) is 11.6 Å². The molecule has 2 rings (SSSR count). The molecule has 0 spiro atoms. The Morgan fingerprint density at radius 2 is 1.95 bits per heavy atom. The van der Waals surface area contributed by atoms with Crippen LogP contribution in [0, 0.1) is 19.7 Å². The highest BCUT2D eigenvalue weighted by atomic mass is 79.9. The maximum atomic E-state index is 13.7. The smallest absolute Gasteiger partial charge is 0.256 e. The summed E-state index contributed by atoms with van der Waals surface area (Å²) in [4.78, 5) is 12.1. The summed E-state index contributed by atoms with van der Waals surface area (Å²) in [6.45, 7) is 3.64. The number of rotatable bonds is 2. The molecule has 0 heterocycles. The van der Waals surface area contributed by atoms with Gasteiger partial charge >= 0.3 is 0 Å². The van der Waals surface area contributed by atoms with Gasteiger partial charge in [0.15, 0.2) is 0 Å². The lowest BCUT2D eigenvalue weighted by molar-refractivity contribution is 0.102. The fourth-order valence-electron chi connectivity index (χ4n) is 1.76. The van der Waals surface area contributed by atoms with Gasteiger partial charge in [0, 0.05) is 10.0 Å². The van der Waals surface area contributed by atoms with E-state index in [0.29, 0.717) is 5.56 Å². The van der Waals surface area contributed by atoms with Crippen molar-refractivity contribution in [2.24, 2.45) is 0 Å². The molecule has 0 saturated carbocycles. The number of hydrogen-bond acceptors (Lipinski definition) is 1. The van der Waals surface area contributed by atoms with E-state index in [0.717, 1.165) is 15.6 Å². The Morgan fingerprint density at radius 3 is 2.63 bits per heavy atom. The SMILES string of the molecule is Cc1ccc(NC(=O)c2cccc(Br)c2C)c(F)c1. The summed E-state index contributed by atoms with van der Waals surface area (Å²) < 4.78 is 14.5. The number of aryl methyl sites for hydroxylation is 1. The molecule has 1 N–H and O–H groups in total. The van der Waals surface area contributed by atoms with Crippen LogP contribution in [0.15, 0.2) is 40.9 Å². The van der Waals surface area contributed by atoms with Crippen LogP contribution >= 0.6 is 15.9 Å². The summed E-state index contributed by atoms with van der Waals surface area (Å²) in [7, 11) is 0. The second-order valence-electron chi connectivity index (χ2n) is 4.35. The molecule has 0 aliphatic rings. The molecule has 1 amide bonds. The lowest BCUT2D eigenvalue weighted by Crippen LogP contribution is -2.14. The van der Waals surface area contributed by atoms with E-state index in [1.165, 1.54) is 6.07 Å². The summed E-state index contributed by atoms with van der Waals surface area (Å²) >= 11 is 3.37. The average Bonchev–Trinajstić information content (AvgIpc) is 2.36. The fourth-order valence-corrected chi connectivity index (χ4v) is 2.13. The third kappa shape index (κ3) is 3.01. The van der Waals surface area contributed by atoms with Crippen molar-refractivity contribution in [1.82, 2.24) is 0 Å². The molecular formula is C15H13BrFNO. The Balaban J connectivity index is 2.28. The minimum atomic E-state index is -0.430. The van der Waals surface area contributed by atoms with Crippen LogP contribution in [0.3, 0.4) is 0 Å². The third-order valence-electron chi connectivity index (χ3n) is 2.89.